The van der Waals surface area contributed by atoms with Crippen molar-refractivity contribution in [1.82, 2.24) is 0 Å². The molecule has 0 aliphatic rings. The molecule has 0 aliphatic carbocycles. The summed E-state index contributed by atoms with van der Waals surface area (Å²) in [5.41, 5.74) is 6.82. The van der Waals surface area contributed by atoms with E-state index in [1.165, 1.54) is 14.2 Å². The van der Waals surface area contributed by atoms with Crippen molar-refractivity contribution in [2.75, 3.05) is 20.4 Å². The molecule has 1 aromatic rings. The third-order valence-corrected chi connectivity index (χ3v) is 4.16. The zero-order valence-electron chi connectivity index (χ0n) is 8.92. The summed E-state index contributed by atoms with van der Waals surface area (Å²) >= 11 is 0. The largest absolute Gasteiger partial charge is 0.332 e. The molecular formula is C10H16NO3P. The first-order valence-corrected chi connectivity index (χ1v) is 6.35. The molecule has 84 valence electrons. The lowest BCUT2D eigenvalue weighted by Crippen LogP contribution is -2.16. The Bertz CT molecular complexity index is 334. The summed E-state index contributed by atoms with van der Waals surface area (Å²) < 4.78 is 21.5. The van der Waals surface area contributed by atoms with Crippen molar-refractivity contribution < 1.29 is 13.6 Å². The highest BCUT2D eigenvalue weighted by atomic mass is 31.2. The minimum Gasteiger partial charge on any atom is -0.323 e. The number of benzene rings is 1. The van der Waals surface area contributed by atoms with Gasteiger partial charge in [-0.15, -0.1) is 0 Å². The van der Waals surface area contributed by atoms with Gasteiger partial charge in [0.25, 0.3) is 0 Å². The van der Waals surface area contributed by atoms with Gasteiger partial charge in [0.05, 0.1) is 6.16 Å². The molecule has 0 heterocycles. The first-order chi connectivity index (χ1) is 7.11. The van der Waals surface area contributed by atoms with Crippen LogP contribution in [0.25, 0.3) is 0 Å². The fraction of sp³-hybridized carbons (Fsp3) is 0.400. The molecule has 0 aliphatic heterocycles. The Balaban J connectivity index is 2.71. The lowest BCUT2D eigenvalue weighted by atomic mass is 10.1. The van der Waals surface area contributed by atoms with Gasteiger partial charge < -0.3 is 14.8 Å². The van der Waals surface area contributed by atoms with Crippen molar-refractivity contribution in [2.24, 2.45) is 5.73 Å². The molecule has 1 atom stereocenters. The maximum Gasteiger partial charge on any atom is 0.332 e. The van der Waals surface area contributed by atoms with Crippen LogP contribution in [0.3, 0.4) is 0 Å². The fourth-order valence-corrected chi connectivity index (χ4v) is 2.41. The van der Waals surface area contributed by atoms with Crippen molar-refractivity contribution >= 4 is 7.60 Å². The summed E-state index contributed by atoms with van der Waals surface area (Å²) in [6.07, 6.45) is 0.185. The minimum absolute atomic E-state index is 0.185. The van der Waals surface area contributed by atoms with E-state index in [4.69, 9.17) is 14.8 Å². The van der Waals surface area contributed by atoms with Gasteiger partial charge in [0.15, 0.2) is 0 Å². The van der Waals surface area contributed by atoms with Gasteiger partial charge in [-0.1, -0.05) is 30.3 Å². The first kappa shape index (κ1) is 12.4. The first-order valence-electron chi connectivity index (χ1n) is 4.62. The molecule has 1 rings (SSSR count). The third kappa shape index (κ3) is 3.43. The second-order valence-corrected chi connectivity index (χ2v) is 5.49. The van der Waals surface area contributed by atoms with E-state index in [-0.39, 0.29) is 12.2 Å². The van der Waals surface area contributed by atoms with Crippen LogP contribution in [0.4, 0.5) is 0 Å². The molecule has 0 radical (unpaired) electrons. The second kappa shape index (κ2) is 5.42. The molecule has 0 saturated carbocycles. The van der Waals surface area contributed by atoms with Crippen molar-refractivity contribution in [2.45, 2.75) is 6.04 Å². The van der Waals surface area contributed by atoms with Gasteiger partial charge in [-0.25, -0.2) is 0 Å². The van der Waals surface area contributed by atoms with E-state index < -0.39 is 7.60 Å². The van der Waals surface area contributed by atoms with Crippen LogP contribution < -0.4 is 5.73 Å². The summed E-state index contributed by atoms with van der Waals surface area (Å²) in [6, 6.07) is 9.12. The van der Waals surface area contributed by atoms with E-state index >= 15 is 0 Å². The zero-order chi connectivity index (χ0) is 11.3. The van der Waals surface area contributed by atoms with Gasteiger partial charge in [0.1, 0.15) is 0 Å². The summed E-state index contributed by atoms with van der Waals surface area (Å²) in [6.45, 7) is 0. The Labute approximate surface area is 89.9 Å². The fourth-order valence-electron chi connectivity index (χ4n) is 1.27. The molecule has 1 unspecified atom stereocenters. The highest BCUT2D eigenvalue weighted by molar-refractivity contribution is 7.53. The van der Waals surface area contributed by atoms with Crippen LogP contribution in [0.1, 0.15) is 11.6 Å². The van der Waals surface area contributed by atoms with Gasteiger partial charge >= 0.3 is 7.60 Å². The van der Waals surface area contributed by atoms with E-state index in [1.807, 2.05) is 30.3 Å². The van der Waals surface area contributed by atoms with Crippen LogP contribution in [-0.2, 0) is 13.6 Å². The van der Waals surface area contributed by atoms with Gasteiger partial charge in [-0.3, -0.25) is 4.57 Å². The number of hydrogen-bond acceptors (Lipinski definition) is 4. The molecule has 0 aromatic heterocycles. The highest BCUT2D eigenvalue weighted by Crippen LogP contribution is 2.48. The topological polar surface area (TPSA) is 61.5 Å². The average Bonchev–Trinajstić information content (AvgIpc) is 2.30. The molecular weight excluding hydrogens is 213 g/mol. The van der Waals surface area contributed by atoms with Crippen molar-refractivity contribution in [1.29, 1.82) is 0 Å². The molecule has 0 bridgehead atoms. The Kier molecular flexibility index (Phi) is 4.48. The summed E-state index contributed by atoms with van der Waals surface area (Å²) in [5, 5.41) is 0. The Morgan fingerprint density at radius 2 is 1.80 bits per heavy atom. The highest BCUT2D eigenvalue weighted by Gasteiger charge is 2.25. The number of rotatable bonds is 5. The van der Waals surface area contributed by atoms with Crippen molar-refractivity contribution in [3.63, 3.8) is 0 Å². The lowest BCUT2D eigenvalue weighted by molar-refractivity contribution is 0.273. The SMILES string of the molecule is COP(=O)(CC(N)c1ccccc1)OC. The van der Waals surface area contributed by atoms with E-state index in [1.54, 1.807) is 0 Å². The standard InChI is InChI=1S/C10H16NO3P/c1-13-15(12,14-2)8-10(11)9-6-4-3-5-7-9/h3-7,10H,8,11H2,1-2H3. The summed E-state index contributed by atoms with van der Waals surface area (Å²) in [4.78, 5) is 0. The molecule has 1 aromatic carbocycles. The molecule has 0 saturated heterocycles. The number of nitrogens with two attached hydrogens (primary N) is 1. The molecule has 15 heavy (non-hydrogen) atoms. The maximum absolute atomic E-state index is 11.8. The summed E-state index contributed by atoms with van der Waals surface area (Å²) in [5.74, 6) is 0. The lowest BCUT2D eigenvalue weighted by Gasteiger charge is -2.18. The molecule has 0 fully saturated rings. The van der Waals surface area contributed by atoms with Crippen LogP contribution in [-0.4, -0.2) is 20.4 Å². The van der Waals surface area contributed by atoms with Crippen molar-refractivity contribution in [3.8, 4) is 0 Å². The Morgan fingerprint density at radius 1 is 1.27 bits per heavy atom. The maximum atomic E-state index is 11.8. The summed E-state index contributed by atoms with van der Waals surface area (Å²) in [7, 11) is -0.302. The Hall–Kier alpha value is -0.670. The molecule has 2 N–H and O–H groups in total. The normalized spacial score (nSPS) is 13.8. The smallest absolute Gasteiger partial charge is 0.323 e. The molecule has 5 heteroatoms. The van der Waals surface area contributed by atoms with E-state index in [0.29, 0.717) is 0 Å². The second-order valence-electron chi connectivity index (χ2n) is 3.18. The van der Waals surface area contributed by atoms with Gasteiger partial charge in [-0.05, 0) is 5.56 Å². The number of hydrogen-bond donors (Lipinski definition) is 1. The molecule has 0 spiro atoms. The van der Waals surface area contributed by atoms with Gasteiger partial charge in [0, 0.05) is 20.3 Å². The van der Waals surface area contributed by atoms with Crippen LogP contribution in [0.2, 0.25) is 0 Å². The Morgan fingerprint density at radius 3 is 2.27 bits per heavy atom. The van der Waals surface area contributed by atoms with Crippen LogP contribution >= 0.6 is 7.60 Å². The van der Waals surface area contributed by atoms with Crippen LogP contribution in [0.5, 0.6) is 0 Å². The predicted molar refractivity (Wildman–Crippen MR) is 59.9 cm³/mol. The monoisotopic (exact) mass is 229 g/mol. The minimum atomic E-state index is -3.03. The predicted octanol–water partition coefficient (Wildman–Crippen LogP) is 2.17. The van der Waals surface area contributed by atoms with E-state index in [0.717, 1.165) is 5.56 Å². The third-order valence-electron chi connectivity index (χ3n) is 2.20. The molecule has 0 amide bonds. The van der Waals surface area contributed by atoms with Crippen LogP contribution in [0.15, 0.2) is 30.3 Å². The van der Waals surface area contributed by atoms with Gasteiger partial charge in [0.2, 0.25) is 0 Å². The van der Waals surface area contributed by atoms with Crippen LogP contribution in [0, 0.1) is 0 Å². The van der Waals surface area contributed by atoms with E-state index in [2.05, 4.69) is 0 Å². The average molecular weight is 229 g/mol. The van der Waals surface area contributed by atoms with Crippen molar-refractivity contribution in [3.05, 3.63) is 35.9 Å². The zero-order valence-corrected chi connectivity index (χ0v) is 9.81. The quantitative estimate of drug-likeness (QED) is 0.786. The van der Waals surface area contributed by atoms with E-state index in [9.17, 15) is 4.57 Å². The van der Waals surface area contributed by atoms with Gasteiger partial charge in [-0.2, -0.15) is 0 Å². The molecule has 4 nitrogen and oxygen atoms in total.